The van der Waals surface area contributed by atoms with Gasteiger partial charge in [0.2, 0.25) is 0 Å². The molecule has 2 aromatic carbocycles. The molecular weight excluding hydrogens is 324 g/mol. The maximum Gasteiger partial charge on any atom is 0.142 e. The van der Waals surface area contributed by atoms with E-state index in [-0.39, 0.29) is 0 Å². The zero-order valence-corrected chi connectivity index (χ0v) is 15.7. The van der Waals surface area contributed by atoms with Gasteiger partial charge in [0.1, 0.15) is 11.5 Å². The number of nitrogen functional groups attached to an aromatic ring is 2. The van der Waals surface area contributed by atoms with E-state index in [2.05, 4.69) is 0 Å². The second kappa shape index (κ2) is 12.1. The number of unbranched alkanes of at least 4 members (excludes halogenated alkanes) is 7. The largest absolute Gasteiger partial charge is 0.494 e. The van der Waals surface area contributed by atoms with Crippen LogP contribution in [0, 0.1) is 0 Å². The Morgan fingerprint density at radius 3 is 1.88 bits per heavy atom. The second-order valence-corrected chi connectivity index (χ2v) is 6.64. The maximum atomic E-state index is 5.85. The average molecular weight is 357 g/mol. The highest BCUT2D eigenvalue weighted by molar-refractivity contribution is 5.51. The first-order valence-electron chi connectivity index (χ1n) is 9.71. The van der Waals surface area contributed by atoms with Crippen LogP contribution in [0.1, 0.15) is 51.4 Å². The van der Waals surface area contributed by atoms with Crippen molar-refractivity contribution in [2.24, 2.45) is 0 Å². The Kier molecular flexibility index (Phi) is 9.26. The van der Waals surface area contributed by atoms with E-state index in [1.165, 1.54) is 38.5 Å². The van der Waals surface area contributed by atoms with Crippen LogP contribution in [-0.4, -0.2) is 13.2 Å². The van der Waals surface area contributed by atoms with Crippen LogP contribution in [0.4, 0.5) is 11.4 Å². The molecule has 2 rings (SSSR count). The first-order valence-corrected chi connectivity index (χ1v) is 9.71. The van der Waals surface area contributed by atoms with Gasteiger partial charge in [0.15, 0.2) is 0 Å². The van der Waals surface area contributed by atoms with Crippen LogP contribution < -0.4 is 20.9 Å². The van der Waals surface area contributed by atoms with Gasteiger partial charge in [-0.3, -0.25) is 0 Å². The number of ether oxygens (including phenoxy) is 2. The highest BCUT2D eigenvalue weighted by Crippen LogP contribution is 2.20. The molecule has 4 nitrogen and oxygen atoms in total. The molecule has 0 saturated carbocycles. The predicted octanol–water partition coefficient (Wildman–Crippen LogP) is 5.43. The molecular formula is C22H32N2O2. The van der Waals surface area contributed by atoms with E-state index in [9.17, 15) is 0 Å². The Morgan fingerprint density at radius 1 is 0.615 bits per heavy atom. The van der Waals surface area contributed by atoms with Crippen molar-refractivity contribution < 1.29 is 9.47 Å². The first-order chi connectivity index (χ1) is 12.8. The van der Waals surface area contributed by atoms with Gasteiger partial charge in [-0.2, -0.15) is 0 Å². The molecule has 26 heavy (non-hydrogen) atoms. The van der Waals surface area contributed by atoms with E-state index in [0.717, 1.165) is 43.2 Å². The molecule has 0 aliphatic heterocycles. The van der Waals surface area contributed by atoms with Crippen molar-refractivity contribution in [3.05, 3.63) is 48.5 Å². The summed E-state index contributed by atoms with van der Waals surface area (Å²) >= 11 is 0. The van der Waals surface area contributed by atoms with Crippen molar-refractivity contribution in [3.63, 3.8) is 0 Å². The Hall–Kier alpha value is -2.36. The Morgan fingerprint density at radius 2 is 1.23 bits per heavy atom. The van der Waals surface area contributed by atoms with Gasteiger partial charge in [-0.05, 0) is 37.1 Å². The molecule has 0 amide bonds. The quantitative estimate of drug-likeness (QED) is 0.371. The lowest BCUT2D eigenvalue weighted by molar-refractivity contribution is 0.302. The zero-order valence-electron chi connectivity index (χ0n) is 15.7. The van der Waals surface area contributed by atoms with Crippen LogP contribution in [0.3, 0.4) is 0 Å². The summed E-state index contributed by atoms with van der Waals surface area (Å²) in [5, 5.41) is 0. The van der Waals surface area contributed by atoms with Crippen molar-refractivity contribution in [3.8, 4) is 11.5 Å². The lowest BCUT2D eigenvalue weighted by atomic mass is 10.1. The molecule has 0 spiro atoms. The van der Waals surface area contributed by atoms with Gasteiger partial charge in [0.05, 0.1) is 18.9 Å². The van der Waals surface area contributed by atoms with E-state index < -0.39 is 0 Å². The van der Waals surface area contributed by atoms with Gasteiger partial charge >= 0.3 is 0 Å². The summed E-state index contributed by atoms with van der Waals surface area (Å²) in [6.07, 6.45) is 9.76. The molecule has 4 N–H and O–H groups in total. The molecule has 0 fully saturated rings. The zero-order chi connectivity index (χ0) is 18.5. The third-order valence-electron chi connectivity index (χ3n) is 4.34. The summed E-state index contributed by atoms with van der Waals surface area (Å²) in [6.45, 7) is 1.51. The standard InChI is InChI=1S/C22H32N2O2/c23-19-12-11-13-20(18-19)25-16-9-5-3-1-2-4-6-10-17-26-22-15-8-7-14-21(22)24/h7-8,11-15,18H,1-6,9-10,16-17,23-24H2. The van der Waals surface area contributed by atoms with Gasteiger partial charge in [-0.15, -0.1) is 0 Å². The fourth-order valence-corrected chi connectivity index (χ4v) is 2.85. The highest BCUT2D eigenvalue weighted by Gasteiger charge is 1.98. The Balaban J connectivity index is 1.36. The molecule has 0 aliphatic rings. The van der Waals surface area contributed by atoms with Crippen molar-refractivity contribution in [2.75, 3.05) is 24.7 Å². The first kappa shape index (κ1) is 20.0. The second-order valence-electron chi connectivity index (χ2n) is 6.64. The lowest BCUT2D eigenvalue weighted by Gasteiger charge is -2.08. The summed E-state index contributed by atoms with van der Waals surface area (Å²) in [5.41, 5.74) is 13.0. The summed E-state index contributed by atoms with van der Waals surface area (Å²) in [6, 6.07) is 15.3. The number of anilines is 2. The van der Waals surface area contributed by atoms with E-state index in [0.29, 0.717) is 5.69 Å². The molecule has 0 aromatic heterocycles. The minimum Gasteiger partial charge on any atom is -0.494 e. The van der Waals surface area contributed by atoms with Crippen molar-refractivity contribution in [2.45, 2.75) is 51.4 Å². The van der Waals surface area contributed by atoms with E-state index in [1.54, 1.807) is 0 Å². The third kappa shape index (κ3) is 8.15. The molecule has 4 heteroatoms. The fraction of sp³-hybridized carbons (Fsp3) is 0.455. The number of para-hydroxylation sites is 2. The molecule has 0 radical (unpaired) electrons. The van der Waals surface area contributed by atoms with Gasteiger partial charge in [0, 0.05) is 11.8 Å². The van der Waals surface area contributed by atoms with Gasteiger partial charge in [-0.25, -0.2) is 0 Å². The molecule has 0 bridgehead atoms. The van der Waals surface area contributed by atoms with Crippen LogP contribution >= 0.6 is 0 Å². The smallest absolute Gasteiger partial charge is 0.142 e. The molecule has 0 aliphatic carbocycles. The Labute approximate surface area is 157 Å². The van der Waals surface area contributed by atoms with Crippen molar-refractivity contribution in [1.29, 1.82) is 0 Å². The minimum absolute atomic E-state index is 0.715. The van der Waals surface area contributed by atoms with Crippen molar-refractivity contribution in [1.82, 2.24) is 0 Å². The Bertz CT molecular complexity index is 631. The van der Waals surface area contributed by atoms with Gasteiger partial charge in [-0.1, -0.05) is 56.7 Å². The summed E-state index contributed by atoms with van der Waals surface area (Å²) < 4.78 is 11.4. The summed E-state index contributed by atoms with van der Waals surface area (Å²) in [7, 11) is 0. The van der Waals surface area contributed by atoms with E-state index in [4.69, 9.17) is 20.9 Å². The molecule has 2 aromatic rings. The highest BCUT2D eigenvalue weighted by atomic mass is 16.5. The SMILES string of the molecule is Nc1cccc(OCCCCCCCCCCOc2ccccc2N)c1. The van der Waals surface area contributed by atoms with Crippen LogP contribution in [0.5, 0.6) is 11.5 Å². The maximum absolute atomic E-state index is 5.85. The fourth-order valence-electron chi connectivity index (χ4n) is 2.85. The van der Waals surface area contributed by atoms with Crippen molar-refractivity contribution >= 4 is 11.4 Å². The molecule has 142 valence electrons. The van der Waals surface area contributed by atoms with Crippen LogP contribution in [0.25, 0.3) is 0 Å². The summed E-state index contributed by atoms with van der Waals surface area (Å²) in [5.74, 6) is 1.66. The number of nitrogens with two attached hydrogens (primary N) is 2. The normalized spacial score (nSPS) is 10.6. The van der Waals surface area contributed by atoms with E-state index in [1.807, 2.05) is 48.5 Å². The van der Waals surface area contributed by atoms with Crippen LogP contribution in [-0.2, 0) is 0 Å². The number of hydrogen-bond acceptors (Lipinski definition) is 4. The number of benzene rings is 2. The molecule has 0 heterocycles. The predicted molar refractivity (Wildman–Crippen MR) is 110 cm³/mol. The van der Waals surface area contributed by atoms with Gasteiger partial charge < -0.3 is 20.9 Å². The van der Waals surface area contributed by atoms with Crippen LogP contribution in [0.15, 0.2) is 48.5 Å². The number of rotatable bonds is 13. The monoisotopic (exact) mass is 356 g/mol. The molecule has 0 saturated heterocycles. The lowest BCUT2D eigenvalue weighted by Crippen LogP contribution is -2.00. The van der Waals surface area contributed by atoms with Crippen LogP contribution in [0.2, 0.25) is 0 Å². The van der Waals surface area contributed by atoms with E-state index >= 15 is 0 Å². The summed E-state index contributed by atoms with van der Waals surface area (Å²) in [4.78, 5) is 0. The average Bonchev–Trinajstić information content (AvgIpc) is 2.64. The van der Waals surface area contributed by atoms with Gasteiger partial charge in [0.25, 0.3) is 0 Å². The molecule has 0 atom stereocenters. The minimum atomic E-state index is 0.715. The topological polar surface area (TPSA) is 70.5 Å². The number of hydrogen-bond donors (Lipinski definition) is 2. The molecule has 0 unspecified atom stereocenters. The third-order valence-corrected chi connectivity index (χ3v) is 4.34.